The van der Waals surface area contributed by atoms with Crippen molar-refractivity contribution in [1.82, 2.24) is 4.68 Å². The zero-order valence-corrected chi connectivity index (χ0v) is 22.2. The lowest BCUT2D eigenvalue weighted by atomic mass is 10.1. The fourth-order valence-corrected chi connectivity index (χ4v) is 4.18. The Labute approximate surface area is 219 Å². The molecule has 3 aromatic carbocycles. The number of nitrogens with zero attached hydrogens (tertiary/aromatic N) is 1. The fraction of sp³-hybridized carbons (Fsp3) is 0.115. The van der Waals surface area contributed by atoms with Crippen LogP contribution < -0.4 is 16.1 Å². The fourth-order valence-electron chi connectivity index (χ4n) is 3.56. The second-order valence-electron chi connectivity index (χ2n) is 7.93. The lowest BCUT2D eigenvalue weighted by molar-refractivity contribution is -0.133. The highest BCUT2D eigenvalue weighted by Crippen LogP contribution is 2.25. The van der Waals surface area contributed by atoms with Gasteiger partial charge in [0.1, 0.15) is 5.69 Å². The van der Waals surface area contributed by atoms with Crippen molar-refractivity contribution in [2.75, 3.05) is 16.1 Å². The highest BCUT2D eigenvalue weighted by Gasteiger charge is 2.21. The highest BCUT2D eigenvalue weighted by atomic mass is 79.9. The predicted molar refractivity (Wildman–Crippen MR) is 145 cm³/mol. The van der Waals surface area contributed by atoms with Crippen LogP contribution in [0.15, 0.2) is 75.7 Å². The molecule has 0 saturated carbocycles. The van der Waals surface area contributed by atoms with Crippen molar-refractivity contribution in [3.8, 4) is 0 Å². The third-order valence-corrected chi connectivity index (χ3v) is 6.83. The quantitative estimate of drug-likeness (QED) is 0.246. The van der Waals surface area contributed by atoms with E-state index in [1.807, 2.05) is 44.2 Å². The number of hydrogen-bond donors (Lipinski definition) is 3. The smallest absolute Gasteiger partial charge is 0.321 e. The van der Waals surface area contributed by atoms with Crippen LogP contribution in [0.5, 0.6) is 0 Å². The Bertz CT molecular complexity index is 1450. The molecule has 0 bridgehead atoms. The van der Waals surface area contributed by atoms with Crippen molar-refractivity contribution >= 4 is 71.9 Å². The van der Waals surface area contributed by atoms with E-state index in [1.54, 1.807) is 36.4 Å². The van der Waals surface area contributed by atoms with Gasteiger partial charge in [-0.2, -0.15) is 0 Å². The summed E-state index contributed by atoms with van der Waals surface area (Å²) in [6, 6.07) is 19.7. The van der Waals surface area contributed by atoms with E-state index in [-0.39, 0.29) is 5.69 Å². The first-order chi connectivity index (χ1) is 16.7. The third-order valence-electron chi connectivity index (χ3n) is 5.45. The molecule has 35 heavy (non-hydrogen) atoms. The Morgan fingerprint density at radius 1 is 0.829 bits per heavy atom. The molecule has 1 heterocycles. The number of nitrogens with one attached hydrogen (secondary N) is 3. The Morgan fingerprint density at radius 3 is 2.23 bits per heavy atom. The molecule has 0 atom stereocenters. The highest BCUT2D eigenvalue weighted by molar-refractivity contribution is 9.10. The monoisotopic (exact) mass is 596 g/mol. The third kappa shape index (κ3) is 5.63. The van der Waals surface area contributed by atoms with Gasteiger partial charge in [0.05, 0.1) is 5.52 Å². The number of hydrogen-bond acceptors (Lipinski definition) is 3. The minimum absolute atomic E-state index is 0.173. The van der Waals surface area contributed by atoms with Gasteiger partial charge in [-0.25, -0.2) is 4.68 Å². The largest absolute Gasteiger partial charge is 0.328 e. The molecule has 0 saturated heterocycles. The average molecular weight is 598 g/mol. The van der Waals surface area contributed by atoms with Crippen LogP contribution in [0.4, 0.5) is 11.4 Å². The maximum Gasteiger partial charge on any atom is 0.328 e. The molecule has 0 unspecified atom stereocenters. The zero-order chi connectivity index (χ0) is 25.1. The first-order valence-corrected chi connectivity index (χ1v) is 12.4. The predicted octanol–water partition coefficient (Wildman–Crippen LogP) is 6.00. The van der Waals surface area contributed by atoms with Crippen LogP contribution in [-0.2, 0) is 16.0 Å². The molecule has 0 aliphatic carbocycles. The van der Waals surface area contributed by atoms with Crippen molar-refractivity contribution in [2.24, 2.45) is 0 Å². The van der Waals surface area contributed by atoms with Crippen molar-refractivity contribution < 1.29 is 14.4 Å². The van der Waals surface area contributed by atoms with Gasteiger partial charge in [-0.15, -0.1) is 0 Å². The van der Waals surface area contributed by atoms with Crippen molar-refractivity contribution in [3.63, 3.8) is 0 Å². The number of aromatic nitrogens is 1. The number of carbonyl (C=O) groups is 3. The van der Waals surface area contributed by atoms with Crippen molar-refractivity contribution in [3.05, 3.63) is 92.5 Å². The minimum Gasteiger partial charge on any atom is -0.321 e. The number of rotatable bonds is 5. The molecular formula is C26H22Br2N4O3. The van der Waals surface area contributed by atoms with Gasteiger partial charge < -0.3 is 10.6 Å². The topological polar surface area (TPSA) is 92.2 Å². The van der Waals surface area contributed by atoms with Gasteiger partial charge in [0.2, 0.25) is 0 Å². The van der Waals surface area contributed by atoms with E-state index in [9.17, 15) is 14.4 Å². The van der Waals surface area contributed by atoms with Crippen LogP contribution in [-0.4, -0.2) is 22.4 Å². The van der Waals surface area contributed by atoms with Gasteiger partial charge >= 0.3 is 11.8 Å². The first-order valence-electron chi connectivity index (χ1n) is 10.8. The second-order valence-corrected chi connectivity index (χ2v) is 9.70. The maximum atomic E-state index is 13.2. The summed E-state index contributed by atoms with van der Waals surface area (Å²) in [7, 11) is 0. The molecule has 3 amide bonds. The van der Waals surface area contributed by atoms with Gasteiger partial charge in [0.25, 0.3) is 5.91 Å². The summed E-state index contributed by atoms with van der Waals surface area (Å²) in [6.45, 7) is 3.95. The van der Waals surface area contributed by atoms with Gasteiger partial charge in [-0.1, -0.05) is 50.9 Å². The zero-order valence-electron chi connectivity index (χ0n) is 19.0. The van der Waals surface area contributed by atoms with Gasteiger partial charge in [0.15, 0.2) is 0 Å². The first kappa shape index (κ1) is 24.7. The molecule has 0 aliphatic heterocycles. The second kappa shape index (κ2) is 10.5. The molecule has 4 rings (SSSR count). The van der Waals surface area contributed by atoms with Crippen LogP contribution in [0.1, 0.15) is 28.5 Å². The molecule has 3 N–H and O–H groups in total. The standard InChI is InChI=1S/C26H22Br2N4O3/c1-3-16-4-7-19(8-5-16)29-25(34)26(35)31-32-22-11-6-18(27)13-17(22)14-23(32)24(33)30-20-9-10-21(28)15(2)12-20/h4-14H,3H2,1-2H3,(H,29,34)(H,30,33)(H,31,35). The number of halogens is 2. The van der Waals surface area contributed by atoms with E-state index in [0.717, 1.165) is 26.5 Å². The SMILES string of the molecule is CCc1ccc(NC(=O)C(=O)Nn2c(C(=O)Nc3ccc(Br)c(C)c3)cc3cc(Br)ccc32)cc1. The van der Waals surface area contributed by atoms with E-state index in [4.69, 9.17) is 0 Å². The summed E-state index contributed by atoms with van der Waals surface area (Å²) in [6.07, 6.45) is 0.871. The number of anilines is 2. The molecule has 0 spiro atoms. The van der Waals surface area contributed by atoms with Gasteiger partial charge in [0, 0.05) is 25.7 Å². The van der Waals surface area contributed by atoms with E-state index in [1.165, 1.54) is 4.68 Å². The van der Waals surface area contributed by atoms with Crippen LogP contribution in [0.3, 0.4) is 0 Å². The summed E-state index contributed by atoms with van der Waals surface area (Å²) in [5.41, 5.74) is 6.50. The molecule has 7 nitrogen and oxygen atoms in total. The number of fused-ring (bicyclic) bond motifs is 1. The van der Waals surface area contributed by atoms with Crippen LogP contribution >= 0.6 is 31.9 Å². The normalized spacial score (nSPS) is 10.7. The molecule has 0 fully saturated rings. The molecule has 9 heteroatoms. The van der Waals surface area contributed by atoms with E-state index in [0.29, 0.717) is 22.3 Å². The Balaban J connectivity index is 1.60. The number of amides is 3. The van der Waals surface area contributed by atoms with Gasteiger partial charge in [-0.05, 0) is 79.1 Å². The van der Waals surface area contributed by atoms with E-state index in [2.05, 4.69) is 47.9 Å². The summed E-state index contributed by atoms with van der Waals surface area (Å²) >= 11 is 6.87. The molecule has 0 radical (unpaired) electrons. The molecule has 0 aliphatic rings. The van der Waals surface area contributed by atoms with E-state index >= 15 is 0 Å². The average Bonchev–Trinajstić information content (AvgIpc) is 3.19. The van der Waals surface area contributed by atoms with Crippen molar-refractivity contribution in [1.29, 1.82) is 0 Å². The lowest BCUT2D eigenvalue weighted by Crippen LogP contribution is -2.36. The minimum atomic E-state index is -0.904. The van der Waals surface area contributed by atoms with Gasteiger partial charge in [-0.3, -0.25) is 19.8 Å². The Kier molecular flexibility index (Phi) is 7.37. The summed E-state index contributed by atoms with van der Waals surface area (Å²) in [4.78, 5) is 38.5. The Morgan fingerprint density at radius 2 is 1.54 bits per heavy atom. The Hall–Kier alpha value is -3.43. The summed E-state index contributed by atoms with van der Waals surface area (Å²) in [5, 5.41) is 6.15. The summed E-state index contributed by atoms with van der Waals surface area (Å²) < 4.78 is 3.07. The number of benzene rings is 3. The van der Waals surface area contributed by atoms with Crippen LogP contribution in [0.25, 0.3) is 10.9 Å². The van der Waals surface area contributed by atoms with Crippen LogP contribution in [0.2, 0.25) is 0 Å². The number of carbonyl (C=O) groups excluding carboxylic acids is 3. The van der Waals surface area contributed by atoms with Crippen LogP contribution in [0, 0.1) is 6.92 Å². The molecule has 4 aromatic rings. The molecule has 178 valence electrons. The maximum absolute atomic E-state index is 13.2. The van der Waals surface area contributed by atoms with E-state index < -0.39 is 17.7 Å². The molecular weight excluding hydrogens is 576 g/mol. The molecule has 1 aromatic heterocycles. The number of aryl methyl sites for hydroxylation is 2. The summed E-state index contributed by atoms with van der Waals surface area (Å²) in [5.74, 6) is -2.18. The van der Waals surface area contributed by atoms with Crippen molar-refractivity contribution in [2.45, 2.75) is 20.3 Å². The lowest BCUT2D eigenvalue weighted by Gasteiger charge is -2.13.